The number of hydrogen-bond donors (Lipinski definition) is 4. The molecule has 5 rings (SSSR count). The van der Waals surface area contributed by atoms with Crippen LogP contribution in [0.25, 0.3) is 0 Å². The molecule has 15 nitrogen and oxygen atoms in total. The van der Waals surface area contributed by atoms with E-state index in [0.717, 1.165) is 9.80 Å². The summed E-state index contributed by atoms with van der Waals surface area (Å²) < 4.78 is 20.5. The van der Waals surface area contributed by atoms with Gasteiger partial charge in [0.1, 0.15) is 36.3 Å². The third-order valence-corrected chi connectivity index (χ3v) is 12.4. The minimum Gasteiger partial charge on any atom is -0.460 e. The molecule has 4 N–H and O–H groups in total. The average molecular weight is 876 g/mol. The summed E-state index contributed by atoms with van der Waals surface area (Å²) >= 11 is 0. The lowest BCUT2D eigenvalue weighted by atomic mass is 9.86. The maximum absolute atomic E-state index is 14.9. The summed E-state index contributed by atoms with van der Waals surface area (Å²) in [4.78, 5) is 115. The summed E-state index contributed by atoms with van der Waals surface area (Å²) in [7, 11) is 1.38. The molecule has 3 fully saturated rings. The summed E-state index contributed by atoms with van der Waals surface area (Å²) in [6, 6.07) is 8.15. The van der Waals surface area contributed by atoms with E-state index in [1.807, 2.05) is 0 Å². The molecule has 0 radical (unpaired) electrons. The molecule has 2 heterocycles. The van der Waals surface area contributed by atoms with Gasteiger partial charge in [0.2, 0.25) is 29.5 Å². The van der Waals surface area contributed by atoms with Crippen molar-refractivity contribution in [3.05, 3.63) is 71.5 Å². The van der Waals surface area contributed by atoms with Crippen molar-refractivity contribution < 1.29 is 52.6 Å². The van der Waals surface area contributed by atoms with Crippen LogP contribution in [-0.4, -0.2) is 112 Å². The van der Waals surface area contributed by atoms with Gasteiger partial charge in [0.15, 0.2) is 11.6 Å². The highest BCUT2D eigenvalue weighted by atomic mass is 19.1. The normalized spacial score (nSPS) is 27.5. The lowest BCUT2D eigenvalue weighted by Gasteiger charge is -2.43. The topological polar surface area (TPSA) is 209 Å². The molecule has 2 aliphatic heterocycles. The van der Waals surface area contributed by atoms with Crippen molar-refractivity contribution in [2.45, 2.75) is 135 Å². The third-order valence-electron chi connectivity index (χ3n) is 12.4. The fourth-order valence-electron chi connectivity index (χ4n) is 8.28. The second-order valence-electron chi connectivity index (χ2n) is 18.0. The van der Waals surface area contributed by atoms with Crippen LogP contribution >= 0.6 is 0 Å². The molecule has 2 bridgehead atoms. The Balaban J connectivity index is 1.59. The summed E-state index contributed by atoms with van der Waals surface area (Å²) in [5, 5.41) is 19.7. The first-order valence-corrected chi connectivity index (χ1v) is 22.0. The molecule has 1 aliphatic carbocycles. The second kappa shape index (κ2) is 21.2. The Bertz CT molecular complexity index is 2030. The van der Waals surface area contributed by atoms with Gasteiger partial charge < -0.3 is 35.6 Å². The highest BCUT2D eigenvalue weighted by Crippen LogP contribution is 2.36. The molecule has 3 aliphatic rings. The Labute approximate surface area is 368 Å². The number of likely N-dealkylation sites (N-methyl/N-ethyl adjacent to an activating group) is 1. The van der Waals surface area contributed by atoms with Crippen LogP contribution in [0.3, 0.4) is 0 Å². The number of piperidine rings is 1. The number of esters is 1. The molecule has 342 valence electrons. The molecule has 0 spiro atoms. The van der Waals surface area contributed by atoms with Crippen LogP contribution < -0.4 is 16.0 Å². The molecular formula is C47H62FN5O10. The number of carbonyl (C=O) groups is 8. The SMILES string of the molecule is CC(C)C(=O)N[C@@H](C)C(=O)C[C@@H]1C(=O)N[C@@H](C2CC2)C(=O)C[C@H]2CC[C@@H](O)N(C2=O)[C@@H](Cc2cccc(F)c2)C(=O)N(C)[C@@H](Cc2ccccc2)C(=O)N[C@@H](C(C)C)C(=O)O[C@@H]1C. The van der Waals surface area contributed by atoms with Gasteiger partial charge in [-0.25, -0.2) is 9.18 Å². The van der Waals surface area contributed by atoms with E-state index in [1.165, 1.54) is 39.1 Å². The van der Waals surface area contributed by atoms with Crippen molar-refractivity contribution in [2.24, 2.45) is 29.6 Å². The maximum Gasteiger partial charge on any atom is 0.329 e. The smallest absolute Gasteiger partial charge is 0.329 e. The Morgan fingerprint density at radius 3 is 2.11 bits per heavy atom. The van der Waals surface area contributed by atoms with Crippen LogP contribution in [0, 0.1) is 35.4 Å². The van der Waals surface area contributed by atoms with E-state index in [0.29, 0.717) is 24.0 Å². The molecule has 9 atom stereocenters. The van der Waals surface area contributed by atoms with Crippen molar-refractivity contribution in [3.63, 3.8) is 0 Å². The molecular weight excluding hydrogens is 814 g/mol. The number of nitrogens with zero attached hydrogens (tertiary/aromatic N) is 2. The van der Waals surface area contributed by atoms with Crippen molar-refractivity contribution >= 4 is 47.1 Å². The number of carbonyl (C=O) groups excluding carboxylic acids is 8. The number of Topliss-reactive ketones (excluding diaryl/α,β-unsaturated/α-hetero) is 2. The number of ketones is 2. The Hall–Kier alpha value is -5.51. The fourth-order valence-corrected chi connectivity index (χ4v) is 8.28. The van der Waals surface area contributed by atoms with Crippen molar-refractivity contribution in [2.75, 3.05) is 7.05 Å². The first-order chi connectivity index (χ1) is 29.8. The minimum atomic E-state index is -1.47. The maximum atomic E-state index is 14.9. The summed E-state index contributed by atoms with van der Waals surface area (Å²) in [6.45, 7) is 9.59. The zero-order chi connectivity index (χ0) is 46.3. The molecule has 16 heteroatoms. The van der Waals surface area contributed by atoms with E-state index in [2.05, 4.69) is 16.0 Å². The first kappa shape index (κ1) is 48.5. The van der Waals surface area contributed by atoms with Crippen LogP contribution in [0.4, 0.5) is 4.39 Å². The predicted octanol–water partition coefficient (Wildman–Crippen LogP) is 3.04. The van der Waals surface area contributed by atoms with E-state index < -0.39 is 120 Å². The molecule has 2 aromatic rings. The Morgan fingerprint density at radius 2 is 1.49 bits per heavy atom. The van der Waals surface area contributed by atoms with Gasteiger partial charge in [-0.15, -0.1) is 0 Å². The second-order valence-corrected chi connectivity index (χ2v) is 18.0. The number of rotatable bonds is 11. The number of hydrogen-bond acceptors (Lipinski definition) is 10. The van der Waals surface area contributed by atoms with Gasteiger partial charge in [0.05, 0.1) is 18.0 Å². The van der Waals surface area contributed by atoms with E-state index >= 15 is 0 Å². The number of nitrogens with one attached hydrogen (secondary N) is 3. The Morgan fingerprint density at radius 1 is 0.841 bits per heavy atom. The van der Waals surface area contributed by atoms with E-state index in [-0.39, 0.29) is 43.9 Å². The van der Waals surface area contributed by atoms with E-state index in [4.69, 9.17) is 4.74 Å². The zero-order valence-corrected chi connectivity index (χ0v) is 37.2. The van der Waals surface area contributed by atoms with Crippen molar-refractivity contribution in [1.82, 2.24) is 25.8 Å². The lowest BCUT2D eigenvalue weighted by molar-refractivity contribution is -0.167. The van der Waals surface area contributed by atoms with Crippen LogP contribution in [0.1, 0.15) is 91.2 Å². The van der Waals surface area contributed by atoms with Crippen LogP contribution in [0.15, 0.2) is 54.6 Å². The number of aliphatic hydroxyl groups is 1. The highest BCUT2D eigenvalue weighted by Gasteiger charge is 2.47. The summed E-state index contributed by atoms with van der Waals surface area (Å²) in [5.74, 6) is -9.44. The number of fused-ring (bicyclic) bond motifs is 2. The fraction of sp³-hybridized carbons (Fsp3) is 0.574. The number of amides is 5. The van der Waals surface area contributed by atoms with E-state index in [1.54, 1.807) is 64.1 Å². The van der Waals surface area contributed by atoms with Crippen LogP contribution in [-0.2, 0) is 55.9 Å². The monoisotopic (exact) mass is 875 g/mol. The average Bonchev–Trinajstić information content (AvgIpc) is 4.08. The third kappa shape index (κ3) is 12.4. The van der Waals surface area contributed by atoms with Gasteiger partial charge in [-0.3, -0.25) is 33.6 Å². The van der Waals surface area contributed by atoms with E-state index in [9.17, 15) is 47.9 Å². The summed E-state index contributed by atoms with van der Waals surface area (Å²) in [6.07, 6.45) is -2.56. The number of aliphatic hydroxyl groups excluding tert-OH is 1. The summed E-state index contributed by atoms with van der Waals surface area (Å²) in [5.41, 5.74) is 0.991. The van der Waals surface area contributed by atoms with Gasteiger partial charge in [-0.2, -0.15) is 0 Å². The van der Waals surface area contributed by atoms with Gasteiger partial charge in [0.25, 0.3) is 0 Å². The standard InChI is InChI=1S/C47H62FN5O10/c1-25(2)40-47(62)63-28(6)34(24-37(54)27(5)49-42(57)26(3)4)43(58)51-41(31-16-17-31)38(55)23-32-18-19-39(56)53(45(32)60)36(22-30-14-11-15-33(48)20-30)46(61)52(7)35(44(59)50-40)21-29-12-9-8-10-13-29/h8-15,20,25-28,31-32,34-36,39-41,56H,16-19,21-24H2,1-7H3,(H,49,57)(H,50,59)(H,51,58)/t27-,28+,32+,34-,35-,36-,39+,40-,41-/m0/s1. The highest BCUT2D eigenvalue weighted by molar-refractivity contribution is 5.98. The zero-order valence-electron chi connectivity index (χ0n) is 37.2. The van der Waals surface area contributed by atoms with Gasteiger partial charge in [-0.1, -0.05) is 70.2 Å². The quantitative estimate of drug-likeness (QED) is 0.243. The molecule has 2 saturated heterocycles. The number of ether oxygens (including phenoxy) is 1. The van der Waals surface area contributed by atoms with Crippen molar-refractivity contribution in [3.8, 4) is 0 Å². The minimum absolute atomic E-state index is 0.00251. The molecule has 0 aromatic heterocycles. The molecule has 0 unspecified atom stereocenters. The first-order valence-electron chi connectivity index (χ1n) is 22.0. The lowest BCUT2D eigenvalue weighted by Crippen LogP contribution is -2.62. The van der Waals surface area contributed by atoms with Gasteiger partial charge >= 0.3 is 5.97 Å². The van der Waals surface area contributed by atoms with Gasteiger partial charge in [-0.05, 0) is 74.6 Å². The molecule has 5 amide bonds. The van der Waals surface area contributed by atoms with Crippen LogP contribution in [0.5, 0.6) is 0 Å². The molecule has 1 saturated carbocycles. The number of benzene rings is 2. The predicted molar refractivity (Wildman–Crippen MR) is 228 cm³/mol. The van der Waals surface area contributed by atoms with Gasteiger partial charge in [0, 0.05) is 44.6 Å². The molecule has 63 heavy (non-hydrogen) atoms. The molecule has 2 aromatic carbocycles. The number of cyclic esters (lactones) is 1. The van der Waals surface area contributed by atoms with Crippen LogP contribution in [0.2, 0.25) is 0 Å². The number of halogens is 1. The largest absolute Gasteiger partial charge is 0.460 e. The Kier molecular flexibility index (Phi) is 16.4. The van der Waals surface area contributed by atoms with Crippen molar-refractivity contribution in [1.29, 1.82) is 0 Å².